The third-order valence-corrected chi connectivity index (χ3v) is 4.30. The van der Waals surface area contributed by atoms with Crippen LogP contribution in [0.1, 0.15) is 36.0 Å². The first-order chi connectivity index (χ1) is 9.22. The number of nitrogens with zero attached hydrogens (tertiary/aromatic N) is 1. The van der Waals surface area contributed by atoms with Crippen LogP contribution in [0.25, 0.3) is 0 Å². The minimum absolute atomic E-state index is 0.159. The summed E-state index contributed by atoms with van der Waals surface area (Å²) in [5.41, 5.74) is 0.667. The number of hydrogen-bond donors (Lipinski definition) is 0. The van der Waals surface area contributed by atoms with Gasteiger partial charge in [0.1, 0.15) is 0 Å². The van der Waals surface area contributed by atoms with Gasteiger partial charge < -0.3 is 0 Å². The number of carbonyl (C=O) groups is 1. The van der Waals surface area contributed by atoms with E-state index in [9.17, 15) is 4.79 Å². The van der Waals surface area contributed by atoms with E-state index >= 15 is 0 Å². The summed E-state index contributed by atoms with van der Waals surface area (Å²) in [6.45, 7) is 2.70. The zero-order valence-corrected chi connectivity index (χ0v) is 11.9. The molecule has 0 amide bonds. The monoisotopic (exact) mass is 277 g/mol. The minimum atomic E-state index is 0.159. The Kier molecular flexibility index (Phi) is 3.90. The number of rotatable bonds is 7. The summed E-state index contributed by atoms with van der Waals surface area (Å²) in [7, 11) is 0. The van der Waals surface area contributed by atoms with Crippen LogP contribution in [0.3, 0.4) is 0 Å². The highest BCUT2D eigenvalue weighted by molar-refractivity contribution is 6.34. The lowest BCUT2D eigenvalue weighted by Crippen LogP contribution is -2.33. The molecule has 0 unspecified atom stereocenters. The van der Waals surface area contributed by atoms with Gasteiger partial charge in [-0.25, -0.2) is 0 Å². The molecule has 0 N–H and O–H groups in total. The smallest absolute Gasteiger partial charge is 0.178 e. The van der Waals surface area contributed by atoms with E-state index < -0.39 is 0 Å². The van der Waals surface area contributed by atoms with Crippen molar-refractivity contribution < 1.29 is 4.79 Å². The Balaban J connectivity index is 1.62. The van der Waals surface area contributed by atoms with Gasteiger partial charge in [-0.05, 0) is 49.7 Å². The zero-order valence-electron chi connectivity index (χ0n) is 11.1. The molecule has 2 fully saturated rings. The molecule has 0 atom stereocenters. The quantitative estimate of drug-likeness (QED) is 0.709. The average Bonchev–Trinajstić information content (AvgIpc) is 3.25. The van der Waals surface area contributed by atoms with Crippen molar-refractivity contribution in [3.8, 4) is 0 Å². The Morgan fingerprint density at radius 1 is 1.11 bits per heavy atom. The fourth-order valence-electron chi connectivity index (χ4n) is 2.51. The van der Waals surface area contributed by atoms with Gasteiger partial charge in [-0.3, -0.25) is 9.69 Å². The predicted octanol–water partition coefficient (Wildman–Crippen LogP) is 3.64. The lowest BCUT2D eigenvalue weighted by molar-refractivity contribution is 0.0924. The highest BCUT2D eigenvalue weighted by Gasteiger charge is 2.30. The van der Waals surface area contributed by atoms with E-state index in [0.717, 1.165) is 24.9 Å². The van der Waals surface area contributed by atoms with Crippen LogP contribution in [0.4, 0.5) is 0 Å². The first-order valence-electron chi connectivity index (χ1n) is 7.22. The third-order valence-electron chi connectivity index (χ3n) is 3.97. The average molecular weight is 278 g/mol. The van der Waals surface area contributed by atoms with Gasteiger partial charge in [-0.2, -0.15) is 0 Å². The lowest BCUT2D eigenvalue weighted by atomic mass is 10.1. The Labute approximate surface area is 119 Å². The maximum Gasteiger partial charge on any atom is 0.178 e. The van der Waals surface area contributed by atoms with Crippen LogP contribution < -0.4 is 0 Å². The molecule has 19 heavy (non-hydrogen) atoms. The minimum Gasteiger partial charge on any atom is -0.295 e. The van der Waals surface area contributed by atoms with E-state index in [1.54, 1.807) is 6.07 Å². The van der Waals surface area contributed by atoms with Crippen molar-refractivity contribution in [3.63, 3.8) is 0 Å². The van der Waals surface area contributed by atoms with E-state index in [-0.39, 0.29) is 5.78 Å². The molecule has 102 valence electrons. The van der Waals surface area contributed by atoms with Crippen LogP contribution in [-0.2, 0) is 0 Å². The largest absolute Gasteiger partial charge is 0.295 e. The van der Waals surface area contributed by atoms with Crippen LogP contribution in [0, 0.1) is 11.8 Å². The number of Topliss-reactive ketones (excluding diaryl/α,β-unsaturated/α-hetero) is 1. The third kappa shape index (κ3) is 3.80. The Hall–Kier alpha value is -0.860. The first kappa shape index (κ1) is 13.1. The van der Waals surface area contributed by atoms with Gasteiger partial charge in [0, 0.05) is 18.7 Å². The second-order valence-corrected chi connectivity index (χ2v) is 6.39. The molecule has 0 radical (unpaired) electrons. The second kappa shape index (κ2) is 5.64. The molecule has 2 nitrogen and oxygen atoms in total. The fraction of sp³-hybridized carbons (Fsp3) is 0.562. The van der Waals surface area contributed by atoms with Gasteiger partial charge in [-0.1, -0.05) is 23.7 Å². The van der Waals surface area contributed by atoms with Crippen molar-refractivity contribution in [2.45, 2.75) is 25.7 Å². The Bertz CT molecular complexity index is 452. The van der Waals surface area contributed by atoms with E-state index in [4.69, 9.17) is 11.6 Å². The SMILES string of the molecule is O=C(CN(CC1CC1)CC1CC1)c1ccccc1Cl. The molecule has 2 saturated carbocycles. The molecule has 0 saturated heterocycles. The number of ketones is 1. The summed E-state index contributed by atoms with van der Waals surface area (Å²) in [4.78, 5) is 14.7. The van der Waals surface area contributed by atoms with Crippen molar-refractivity contribution >= 4 is 17.4 Å². The van der Waals surface area contributed by atoms with E-state index in [2.05, 4.69) is 4.90 Å². The summed E-state index contributed by atoms with van der Waals surface area (Å²) in [5, 5.41) is 0.574. The van der Waals surface area contributed by atoms with E-state index in [1.165, 1.54) is 25.7 Å². The van der Waals surface area contributed by atoms with E-state index in [0.29, 0.717) is 17.1 Å². The summed E-state index contributed by atoms with van der Waals surface area (Å²) < 4.78 is 0. The summed E-state index contributed by atoms with van der Waals surface area (Å²) >= 11 is 6.10. The molecule has 2 aliphatic rings. The van der Waals surface area contributed by atoms with Crippen molar-refractivity contribution in [1.82, 2.24) is 4.90 Å². The van der Waals surface area contributed by atoms with E-state index in [1.807, 2.05) is 18.2 Å². The van der Waals surface area contributed by atoms with Crippen LogP contribution in [0.5, 0.6) is 0 Å². The number of carbonyl (C=O) groups excluding carboxylic acids is 1. The van der Waals surface area contributed by atoms with Gasteiger partial charge in [0.05, 0.1) is 11.6 Å². The molecule has 1 aromatic carbocycles. The van der Waals surface area contributed by atoms with Gasteiger partial charge in [0.15, 0.2) is 5.78 Å². The lowest BCUT2D eigenvalue weighted by Gasteiger charge is -2.21. The fourth-order valence-corrected chi connectivity index (χ4v) is 2.75. The summed E-state index contributed by atoms with van der Waals surface area (Å²) in [5.74, 6) is 1.82. The molecule has 1 aromatic rings. The number of hydrogen-bond acceptors (Lipinski definition) is 2. The maximum absolute atomic E-state index is 12.4. The number of halogens is 1. The maximum atomic E-state index is 12.4. The zero-order chi connectivity index (χ0) is 13.2. The van der Waals surface area contributed by atoms with Crippen LogP contribution in [-0.4, -0.2) is 30.3 Å². The predicted molar refractivity (Wildman–Crippen MR) is 77.7 cm³/mol. The molecule has 2 aliphatic carbocycles. The first-order valence-corrected chi connectivity index (χ1v) is 7.60. The molecular formula is C16H20ClNO. The molecule has 0 aliphatic heterocycles. The molecule has 0 bridgehead atoms. The summed E-state index contributed by atoms with van der Waals surface area (Å²) in [6, 6.07) is 7.37. The van der Waals surface area contributed by atoms with Crippen LogP contribution >= 0.6 is 11.6 Å². The van der Waals surface area contributed by atoms with Gasteiger partial charge in [0.2, 0.25) is 0 Å². The van der Waals surface area contributed by atoms with Crippen molar-refractivity contribution in [3.05, 3.63) is 34.9 Å². The Morgan fingerprint density at radius 3 is 2.21 bits per heavy atom. The van der Waals surface area contributed by atoms with Gasteiger partial charge in [0.25, 0.3) is 0 Å². The Morgan fingerprint density at radius 2 is 1.68 bits per heavy atom. The van der Waals surface area contributed by atoms with Crippen molar-refractivity contribution in [2.75, 3.05) is 19.6 Å². The molecule has 3 heteroatoms. The van der Waals surface area contributed by atoms with Crippen LogP contribution in [0.15, 0.2) is 24.3 Å². The molecular weight excluding hydrogens is 258 g/mol. The highest BCUT2D eigenvalue weighted by atomic mass is 35.5. The van der Waals surface area contributed by atoms with Crippen molar-refractivity contribution in [2.24, 2.45) is 11.8 Å². The van der Waals surface area contributed by atoms with Crippen molar-refractivity contribution in [1.29, 1.82) is 0 Å². The van der Waals surface area contributed by atoms with Gasteiger partial charge in [-0.15, -0.1) is 0 Å². The summed E-state index contributed by atoms with van der Waals surface area (Å²) in [6.07, 6.45) is 5.34. The molecule has 0 aromatic heterocycles. The topological polar surface area (TPSA) is 20.3 Å². The number of benzene rings is 1. The molecule has 0 heterocycles. The highest BCUT2D eigenvalue weighted by Crippen LogP contribution is 2.33. The molecule has 0 spiro atoms. The standard InChI is InChI=1S/C16H20ClNO/c17-15-4-2-1-3-14(15)16(19)11-18(9-12-5-6-12)10-13-7-8-13/h1-4,12-13H,5-11H2. The van der Waals surface area contributed by atoms with Crippen LogP contribution in [0.2, 0.25) is 5.02 Å². The van der Waals surface area contributed by atoms with Gasteiger partial charge >= 0.3 is 0 Å². The normalized spacial score (nSPS) is 18.8. The molecule has 3 rings (SSSR count). The second-order valence-electron chi connectivity index (χ2n) is 5.98.